The van der Waals surface area contributed by atoms with Crippen molar-refractivity contribution >= 4 is 5.91 Å². The molecule has 0 bridgehead atoms. The number of hydrogen-bond acceptors (Lipinski definition) is 4. The molecule has 2 heterocycles. The van der Waals surface area contributed by atoms with Crippen LogP contribution in [0.15, 0.2) is 48.5 Å². The minimum absolute atomic E-state index is 0.0173. The van der Waals surface area contributed by atoms with E-state index in [9.17, 15) is 4.79 Å². The number of aromatic amines is 1. The van der Waals surface area contributed by atoms with E-state index in [-0.39, 0.29) is 11.9 Å². The van der Waals surface area contributed by atoms with Gasteiger partial charge in [0.05, 0.1) is 18.8 Å². The molecule has 1 aromatic heterocycles. The zero-order valence-corrected chi connectivity index (χ0v) is 18.5. The number of nitrogens with one attached hydrogen (secondary N) is 1. The summed E-state index contributed by atoms with van der Waals surface area (Å²) < 4.78 is 10.5. The molecule has 0 saturated carbocycles. The van der Waals surface area contributed by atoms with Crippen LogP contribution in [0.3, 0.4) is 0 Å². The largest absolute Gasteiger partial charge is 0.497 e. The lowest BCUT2D eigenvalue weighted by Gasteiger charge is -2.26. The maximum absolute atomic E-state index is 13.3. The van der Waals surface area contributed by atoms with Crippen LogP contribution < -0.4 is 4.74 Å². The van der Waals surface area contributed by atoms with Gasteiger partial charge in [0.1, 0.15) is 11.4 Å². The number of carbonyl (C=O) groups is 1. The fourth-order valence-electron chi connectivity index (χ4n) is 4.19. The lowest BCUT2D eigenvalue weighted by molar-refractivity contribution is 0.0723. The summed E-state index contributed by atoms with van der Waals surface area (Å²) in [5, 5.41) is 7.54. The summed E-state index contributed by atoms with van der Waals surface area (Å²) in [6.45, 7) is 5.59. The molecule has 3 aromatic rings. The Kier molecular flexibility index (Phi) is 6.09. The van der Waals surface area contributed by atoms with Crippen molar-refractivity contribution in [3.8, 4) is 17.0 Å². The predicted octanol–water partition coefficient (Wildman–Crippen LogP) is 4.79. The molecular weight excluding hydrogens is 390 g/mol. The summed E-state index contributed by atoms with van der Waals surface area (Å²) in [6.07, 6.45) is 0.776. The summed E-state index contributed by atoms with van der Waals surface area (Å²) in [7, 11) is 3.33. The van der Waals surface area contributed by atoms with Gasteiger partial charge in [0, 0.05) is 31.4 Å². The Morgan fingerprint density at radius 1 is 1.06 bits per heavy atom. The van der Waals surface area contributed by atoms with E-state index in [0.717, 1.165) is 34.6 Å². The average Bonchev–Trinajstić information content (AvgIpc) is 3.33. The number of nitrogens with zero attached hydrogens (tertiary/aromatic N) is 2. The molecule has 1 amide bonds. The molecule has 2 aromatic carbocycles. The third-order valence-corrected chi connectivity index (χ3v) is 5.89. The van der Waals surface area contributed by atoms with E-state index in [1.807, 2.05) is 29.2 Å². The zero-order valence-electron chi connectivity index (χ0n) is 18.5. The van der Waals surface area contributed by atoms with Crippen LogP contribution in [-0.2, 0) is 4.74 Å². The van der Waals surface area contributed by atoms with Gasteiger partial charge in [-0.2, -0.15) is 5.10 Å². The molecular formula is C25H29N3O3. The third kappa shape index (κ3) is 3.95. The second kappa shape index (κ2) is 8.94. The lowest BCUT2D eigenvalue weighted by Crippen LogP contribution is -2.31. The topological polar surface area (TPSA) is 67.5 Å². The first-order chi connectivity index (χ1) is 15.0. The van der Waals surface area contributed by atoms with Crippen molar-refractivity contribution in [1.82, 2.24) is 15.1 Å². The number of hydrogen-bond donors (Lipinski definition) is 1. The minimum atomic E-state index is -0.184. The van der Waals surface area contributed by atoms with Gasteiger partial charge < -0.3 is 14.4 Å². The van der Waals surface area contributed by atoms with Gasteiger partial charge in [0.15, 0.2) is 0 Å². The van der Waals surface area contributed by atoms with Crippen LogP contribution in [0.4, 0.5) is 0 Å². The molecule has 0 saturated heterocycles. The van der Waals surface area contributed by atoms with E-state index in [2.05, 4.69) is 48.3 Å². The highest BCUT2D eigenvalue weighted by Gasteiger charge is 2.41. The average molecular weight is 420 g/mol. The van der Waals surface area contributed by atoms with Gasteiger partial charge in [-0.3, -0.25) is 9.89 Å². The molecule has 0 radical (unpaired) electrons. The number of fused-ring (bicyclic) bond motifs is 1. The Hall–Kier alpha value is -3.12. The van der Waals surface area contributed by atoms with E-state index in [1.54, 1.807) is 14.2 Å². The molecule has 1 N–H and O–H groups in total. The summed E-state index contributed by atoms with van der Waals surface area (Å²) in [5.41, 5.74) is 5.63. The fourth-order valence-corrected chi connectivity index (χ4v) is 4.19. The third-order valence-electron chi connectivity index (χ3n) is 5.89. The number of rotatable bonds is 8. The van der Waals surface area contributed by atoms with Crippen LogP contribution in [0.5, 0.6) is 5.75 Å². The van der Waals surface area contributed by atoms with Crippen molar-refractivity contribution in [3.63, 3.8) is 0 Å². The van der Waals surface area contributed by atoms with Gasteiger partial charge in [0.25, 0.3) is 5.91 Å². The molecule has 4 rings (SSSR count). The number of methoxy groups -OCH3 is 2. The van der Waals surface area contributed by atoms with Crippen molar-refractivity contribution in [1.29, 1.82) is 0 Å². The van der Waals surface area contributed by atoms with E-state index < -0.39 is 0 Å². The van der Waals surface area contributed by atoms with E-state index in [4.69, 9.17) is 9.47 Å². The number of aromatic nitrogens is 2. The maximum Gasteiger partial charge on any atom is 0.273 e. The van der Waals surface area contributed by atoms with Crippen molar-refractivity contribution in [2.75, 3.05) is 27.4 Å². The molecule has 6 heteroatoms. The van der Waals surface area contributed by atoms with Crippen LogP contribution in [0.25, 0.3) is 11.3 Å². The quantitative estimate of drug-likeness (QED) is 0.533. The molecule has 0 spiro atoms. The molecule has 1 aliphatic rings. The summed E-state index contributed by atoms with van der Waals surface area (Å²) >= 11 is 0. The number of ether oxygens (including phenoxy) is 2. The normalized spacial score (nSPS) is 15.6. The monoisotopic (exact) mass is 419 g/mol. The van der Waals surface area contributed by atoms with E-state index in [0.29, 0.717) is 24.8 Å². The number of carbonyl (C=O) groups excluding carboxylic acids is 1. The Bertz CT molecular complexity index is 1040. The number of H-pyrrole nitrogens is 1. The van der Waals surface area contributed by atoms with Gasteiger partial charge in [-0.05, 0) is 47.7 Å². The van der Waals surface area contributed by atoms with Gasteiger partial charge >= 0.3 is 0 Å². The smallest absolute Gasteiger partial charge is 0.273 e. The van der Waals surface area contributed by atoms with Gasteiger partial charge in [-0.15, -0.1) is 0 Å². The molecule has 1 aliphatic heterocycles. The summed E-state index contributed by atoms with van der Waals surface area (Å²) in [6, 6.07) is 16.2. The molecule has 0 fully saturated rings. The van der Waals surface area contributed by atoms with Crippen molar-refractivity contribution in [2.24, 2.45) is 0 Å². The maximum atomic E-state index is 13.3. The highest BCUT2D eigenvalue weighted by Crippen LogP contribution is 2.43. The highest BCUT2D eigenvalue weighted by molar-refractivity contribution is 6.00. The summed E-state index contributed by atoms with van der Waals surface area (Å²) in [5.74, 6) is 1.22. The van der Waals surface area contributed by atoms with E-state index in [1.165, 1.54) is 5.56 Å². The van der Waals surface area contributed by atoms with Gasteiger partial charge in [-0.25, -0.2) is 0 Å². The Labute approximate surface area is 183 Å². The Balaban J connectivity index is 1.78. The number of benzene rings is 2. The molecule has 162 valence electrons. The second-order valence-corrected chi connectivity index (χ2v) is 8.16. The predicted molar refractivity (Wildman–Crippen MR) is 120 cm³/mol. The molecule has 31 heavy (non-hydrogen) atoms. The first-order valence-electron chi connectivity index (χ1n) is 10.7. The zero-order chi connectivity index (χ0) is 22.0. The fraction of sp³-hybridized carbons (Fsp3) is 0.360. The molecule has 1 atom stereocenters. The molecule has 1 unspecified atom stereocenters. The molecule has 6 nitrogen and oxygen atoms in total. The first-order valence-corrected chi connectivity index (χ1v) is 10.7. The van der Waals surface area contributed by atoms with Crippen LogP contribution >= 0.6 is 0 Å². The van der Waals surface area contributed by atoms with Gasteiger partial charge in [-0.1, -0.05) is 38.1 Å². The van der Waals surface area contributed by atoms with Crippen LogP contribution in [0.1, 0.15) is 59.4 Å². The minimum Gasteiger partial charge on any atom is -0.497 e. The highest BCUT2D eigenvalue weighted by atomic mass is 16.5. The Morgan fingerprint density at radius 2 is 1.77 bits per heavy atom. The van der Waals surface area contributed by atoms with Crippen LogP contribution in [-0.4, -0.2) is 48.4 Å². The lowest BCUT2D eigenvalue weighted by atomic mass is 9.93. The Morgan fingerprint density at radius 3 is 2.39 bits per heavy atom. The van der Waals surface area contributed by atoms with Crippen molar-refractivity contribution < 1.29 is 14.3 Å². The van der Waals surface area contributed by atoms with Crippen LogP contribution in [0.2, 0.25) is 0 Å². The van der Waals surface area contributed by atoms with Crippen molar-refractivity contribution in [3.05, 3.63) is 70.9 Å². The van der Waals surface area contributed by atoms with Gasteiger partial charge in [0.2, 0.25) is 0 Å². The second-order valence-electron chi connectivity index (χ2n) is 8.16. The standard InChI is InChI=1S/C25H29N3O3/c1-16(2)17-6-8-19(9-7-17)24-21-22(18-10-12-20(31-4)13-11-18)26-27-23(21)25(29)28(24)14-5-15-30-3/h6-13,16,24H,5,14-15H2,1-4H3,(H,26,27). The first kappa shape index (κ1) is 21.1. The summed E-state index contributed by atoms with van der Waals surface area (Å²) in [4.78, 5) is 15.2. The van der Waals surface area contributed by atoms with E-state index >= 15 is 0 Å². The van der Waals surface area contributed by atoms with Crippen LogP contribution in [0, 0.1) is 0 Å². The van der Waals surface area contributed by atoms with Crippen molar-refractivity contribution in [2.45, 2.75) is 32.2 Å². The molecule has 0 aliphatic carbocycles. The SMILES string of the molecule is COCCCN1C(=O)c2[nH]nc(-c3ccc(OC)cc3)c2C1c1ccc(C(C)C)cc1. The number of amides is 1.